The van der Waals surface area contributed by atoms with Gasteiger partial charge in [-0.1, -0.05) is 24.3 Å². The minimum atomic E-state index is -3.66. The molecule has 0 aliphatic rings. The lowest BCUT2D eigenvalue weighted by Crippen LogP contribution is -2.22. The smallest absolute Gasteiger partial charge is 0.243 e. The topological polar surface area (TPSA) is 93.7 Å². The number of anilines is 2. The molecule has 0 atom stereocenters. The molecule has 8 heteroatoms. The van der Waals surface area contributed by atoms with Crippen LogP contribution in [0.5, 0.6) is 11.5 Å². The van der Waals surface area contributed by atoms with Crippen molar-refractivity contribution in [3.8, 4) is 11.5 Å². The van der Waals surface area contributed by atoms with Gasteiger partial charge in [-0.3, -0.25) is 4.79 Å². The number of sulfone groups is 1. The first-order chi connectivity index (χ1) is 14.9. The second-order valence-electron chi connectivity index (χ2n) is 6.72. The van der Waals surface area contributed by atoms with Crippen LogP contribution in [0.25, 0.3) is 0 Å². The molecule has 0 aromatic heterocycles. The van der Waals surface area contributed by atoms with Gasteiger partial charge in [0.15, 0.2) is 11.5 Å². The maximum absolute atomic E-state index is 13.0. The van der Waals surface area contributed by atoms with Gasteiger partial charge in [-0.05, 0) is 48.9 Å². The van der Waals surface area contributed by atoms with Crippen LogP contribution in [-0.2, 0) is 14.6 Å². The molecule has 0 aliphatic carbocycles. The zero-order valence-electron chi connectivity index (χ0n) is 17.5. The SMILES string of the molecule is COc1ccc(NC(=O)CNc2cccc(S(=O)(=O)c3ccccc3)c2C)cc1OC. The van der Waals surface area contributed by atoms with Gasteiger partial charge in [0.1, 0.15) is 0 Å². The fourth-order valence-corrected chi connectivity index (χ4v) is 4.66. The molecule has 3 aromatic carbocycles. The van der Waals surface area contributed by atoms with Gasteiger partial charge in [-0.15, -0.1) is 0 Å². The third-order valence-electron chi connectivity index (χ3n) is 4.73. The molecule has 2 N–H and O–H groups in total. The van der Waals surface area contributed by atoms with Crippen molar-refractivity contribution in [2.45, 2.75) is 16.7 Å². The average Bonchev–Trinajstić information content (AvgIpc) is 2.78. The lowest BCUT2D eigenvalue weighted by molar-refractivity contribution is -0.114. The fourth-order valence-electron chi connectivity index (χ4n) is 3.12. The number of carbonyl (C=O) groups is 1. The Kier molecular flexibility index (Phi) is 6.81. The number of carbonyl (C=O) groups excluding carboxylic acids is 1. The number of methoxy groups -OCH3 is 2. The molecule has 7 nitrogen and oxygen atoms in total. The van der Waals surface area contributed by atoms with E-state index in [1.165, 1.54) is 14.2 Å². The van der Waals surface area contributed by atoms with E-state index in [1.807, 2.05) is 0 Å². The molecule has 0 radical (unpaired) electrons. The Morgan fingerprint density at radius 2 is 1.61 bits per heavy atom. The Morgan fingerprint density at radius 3 is 2.29 bits per heavy atom. The van der Waals surface area contributed by atoms with Crippen LogP contribution >= 0.6 is 0 Å². The average molecular weight is 441 g/mol. The van der Waals surface area contributed by atoms with Gasteiger partial charge >= 0.3 is 0 Å². The maximum atomic E-state index is 13.0. The highest BCUT2D eigenvalue weighted by molar-refractivity contribution is 7.91. The summed E-state index contributed by atoms with van der Waals surface area (Å²) in [6.45, 7) is 1.68. The largest absolute Gasteiger partial charge is 0.493 e. The maximum Gasteiger partial charge on any atom is 0.243 e. The summed E-state index contributed by atoms with van der Waals surface area (Å²) >= 11 is 0. The van der Waals surface area contributed by atoms with Crippen molar-refractivity contribution in [1.29, 1.82) is 0 Å². The van der Waals surface area contributed by atoms with Gasteiger partial charge in [0.05, 0.1) is 30.6 Å². The molecule has 3 aromatic rings. The standard InChI is InChI=1S/C23H24N2O5S/c1-16-19(10-7-11-22(16)31(27,28)18-8-5-4-6-9-18)24-15-23(26)25-17-12-13-20(29-2)21(14-17)30-3/h4-14,24H,15H2,1-3H3,(H,25,26). The monoisotopic (exact) mass is 440 g/mol. The summed E-state index contributed by atoms with van der Waals surface area (Å²) in [6.07, 6.45) is 0. The van der Waals surface area contributed by atoms with E-state index in [0.29, 0.717) is 28.4 Å². The molecule has 3 rings (SSSR count). The second kappa shape index (κ2) is 9.53. The van der Waals surface area contributed by atoms with E-state index in [0.717, 1.165) is 0 Å². The third-order valence-corrected chi connectivity index (χ3v) is 6.65. The van der Waals surface area contributed by atoms with Crippen molar-refractivity contribution in [1.82, 2.24) is 0 Å². The summed E-state index contributed by atoms with van der Waals surface area (Å²) in [5.74, 6) is 0.775. The summed E-state index contributed by atoms with van der Waals surface area (Å²) in [5.41, 5.74) is 1.67. The third kappa shape index (κ3) is 4.97. The molecule has 0 saturated heterocycles. The molecule has 162 valence electrons. The molecule has 0 unspecified atom stereocenters. The number of benzene rings is 3. The molecule has 0 aliphatic heterocycles. The molecule has 0 bridgehead atoms. The number of amides is 1. The van der Waals surface area contributed by atoms with Crippen molar-refractivity contribution in [3.05, 3.63) is 72.3 Å². The van der Waals surface area contributed by atoms with E-state index in [2.05, 4.69) is 10.6 Å². The van der Waals surface area contributed by atoms with Gasteiger partial charge in [0.25, 0.3) is 0 Å². The lowest BCUT2D eigenvalue weighted by atomic mass is 10.2. The molecular formula is C23H24N2O5S. The van der Waals surface area contributed by atoms with E-state index < -0.39 is 9.84 Å². The van der Waals surface area contributed by atoms with Crippen molar-refractivity contribution in [2.24, 2.45) is 0 Å². The quantitative estimate of drug-likeness (QED) is 0.552. The molecule has 0 heterocycles. The fraction of sp³-hybridized carbons (Fsp3) is 0.174. The highest BCUT2D eigenvalue weighted by Crippen LogP contribution is 2.30. The predicted molar refractivity (Wildman–Crippen MR) is 120 cm³/mol. The van der Waals surface area contributed by atoms with E-state index >= 15 is 0 Å². The molecule has 0 spiro atoms. The Morgan fingerprint density at radius 1 is 0.903 bits per heavy atom. The van der Waals surface area contributed by atoms with Gasteiger partial charge in [-0.2, -0.15) is 0 Å². The highest BCUT2D eigenvalue weighted by Gasteiger charge is 2.21. The minimum absolute atomic E-state index is 0.0377. The molecule has 0 fully saturated rings. The van der Waals surface area contributed by atoms with Crippen LogP contribution in [0.15, 0.2) is 76.5 Å². The molecule has 31 heavy (non-hydrogen) atoms. The van der Waals surface area contributed by atoms with E-state index in [4.69, 9.17) is 9.47 Å². The summed E-state index contributed by atoms with van der Waals surface area (Å²) in [5, 5.41) is 5.79. The van der Waals surface area contributed by atoms with Gasteiger partial charge < -0.3 is 20.1 Å². The first kappa shape index (κ1) is 22.2. The number of hydrogen-bond donors (Lipinski definition) is 2. The lowest BCUT2D eigenvalue weighted by Gasteiger charge is -2.14. The van der Waals surface area contributed by atoms with Crippen LogP contribution in [0, 0.1) is 6.92 Å². The first-order valence-corrected chi connectivity index (χ1v) is 11.0. The van der Waals surface area contributed by atoms with Crippen molar-refractivity contribution >= 4 is 27.1 Å². The summed E-state index contributed by atoms with van der Waals surface area (Å²) in [4.78, 5) is 12.8. The van der Waals surface area contributed by atoms with Gasteiger partial charge in [0.2, 0.25) is 15.7 Å². The van der Waals surface area contributed by atoms with Crippen LogP contribution in [0.4, 0.5) is 11.4 Å². The predicted octanol–water partition coefficient (Wildman–Crippen LogP) is 3.90. The summed E-state index contributed by atoms with van der Waals surface area (Å²) < 4.78 is 36.4. The molecular weight excluding hydrogens is 416 g/mol. The van der Waals surface area contributed by atoms with Crippen LogP contribution in [-0.4, -0.2) is 35.1 Å². The number of hydrogen-bond acceptors (Lipinski definition) is 6. The normalized spacial score (nSPS) is 10.9. The summed E-state index contributed by atoms with van der Waals surface area (Å²) in [6, 6.07) is 18.3. The van der Waals surface area contributed by atoms with Crippen LogP contribution < -0.4 is 20.1 Å². The Hall–Kier alpha value is -3.52. The minimum Gasteiger partial charge on any atom is -0.493 e. The van der Waals surface area contributed by atoms with Crippen molar-refractivity contribution < 1.29 is 22.7 Å². The highest BCUT2D eigenvalue weighted by atomic mass is 32.2. The Labute approximate surface area is 181 Å². The van der Waals surface area contributed by atoms with Crippen LogP contribution in [0.1, 0.15) is 5.56 Å². The molecule has 0 saturated carbocycles. The Balaban J connectivity index is 1.73. The van der Waals surface area contributed by atoms with E-state index in [1.54, 1.807) is 73.7 Å². The van der Waals surface area contributed by atoms with Crippen LogP contribution in [0.3, 0.4) is 0 Å². The second-order valence-corrected chi connectivity index (χ2v) is 8.63. The van der Waals surface area contributed by atoms with Gasteiger partial charge in [-0.25, -0.2) is 8.42 Å². The summed E-state index contributed by atoms with van der Waals surface area (Å²) in [7, 11) is -0.606. The van der Waals surface area contributed by atoms with Gasteiger partial charge in [0, 0.05) is 17.4 Å². The first-order valence-electron chi connectivity index (χ1n) is 9.52. The van der Waals surface area contributed by atoms with Crippen LogP contribution in [0.2, 0.25) is 0 Å². The number of rotatable bonds is 8. The van der Waals surface area contributed by atoms with Crippen molar-refractivity contribution in [2.75, 3.05) is 31.4 Å². The zero-order chi connectivity index (χ0) is 22.4. The zero-order valence-corrected chi connectivity index (χ0v) is 18.3. The molecule has 1 amide bonds. The Bertz CT molecular complexity index is 1180. The van der Waals surface area contributed by atoms with E-state index in [-0.39, 0.29) is 22.2 Å². The van der Waals surface area contributed by atoms with E-state index in [9.17, 15) is 13.2 Å². The number of ether oxygens (including phenoxy) is 2. The van der Waals surface area contributed by atoms with Crippen molar-refractivity contribution in [3.63, 3.8) is 0 Å². The number of nitrogens with one attached hydrogen (secondary N) is 2.